The minimum atomic E-state index is -0.748. The zero-order valence-electron chi connectivity index (χ0n) is 17.9. The van der Waals surface area contributed by atoms with Gasteiger partial charge < -0.3 is 15.4 Å². The number of aliphatic hydroxyl groups is 1. The van der Waals surface area contributed by atoms with Crippen molar-refractivity contribution in [2.45, 2.75) is 123 Å². The highest BCUT2D eigenvalue weighted by molar-refractivity contribution is 5.66. The van der Waals surface area contributed by atoms with Gasteiger partial charge in [-0.15, -0.1) is 0 Å². The number of hydrogen-bond donors (Lipinski definition) is 3. The SMILES string of the molecule is CC(C)C(O)N(O)CCCCCCCCCCCCCCCCCC(=O)O. The Labute approximate surface area is 167 Å². The molecule has 0 aliphatic carbocycles. The van der Waals surface area contributed by atoms with Crippen LogP contribution in [0.25, 0.3) is 0 Å². The maximum Gasteiger partial charge on any atom is 0.303 e. The van der Waals surface area contributed by atoms with Crippen molar-refractivity contribution in [1.82, 2.24) is 5.06 Å². The van der Waals surface area contributed by atoms with E-state index in [0.717, 1.165) is 30.7 Å². The Kier molecular flexibility index (Phi) is 18.3. The minimum Gasteiger partial charge on any atom is -0.481 e. The number of hydrogen-bond acceptors (Lipinski definition) is 4. The third kappa shape index (κ3) is 18.5. The number of carboxylic acids is 1. The molecular weight excluding hydrogens is 342 g/mol. The topological polar surface area (TPSA) is 81.0 Å². The van der Waals surface area contributed by atoms with E-state index < -0.39 is 12.2 Å². The Morgan fingerprint density at radius 3 is 1.37 bits per heavy atom. The van der Waals surface area contributed by atoms with Crippen LogP contribution in [0.4, 0.5) is 0 Å². The summed E-state index contributed by atoms with van der Waals surface area (Å²) in [4.78, 5) is 10.4. The van der Waals surface area contributed by atoms with E-state index in [1.54, 1.807) is 0 Å². The van der Waals surface area contributed by atoms with Crippen molar-refractivity contribution in [3.8, 4) is 0 Å². The van der Waals surface area contributed by atoms with E-state index in [9.17, 15) is 15.1 Å². The van der Waals surface area contributed by atoms with E-state index in [0.29, 0.717) is 13.0 Å². The zero-order valence-corrected chi connectivity index (χ0v) is 17.9. The first-order valence-electron chi connectivity index (χ1n) is 11.3. The van der Waals surface area contributed by atoms with Gasteiger partial charge in [0, 0.05) is 13.0 Å². The van der Waals surface area contributed by atoms with Crippen LogP contribution in [0.5, 0.6) is 0 Å². The first kappa shape index (κ1) is 26.4. The second-order valence-electron chi connectivity index (χ2n) is 8.27. The summed E-state index contributed by atoms with van der Waals surface area (Å²) in [6, 6.07) is 0. The lowest BCUT2D eigenvalue weighted by Crippen LogP contribution is -2.36. The molecule has 0 fully saturated rings. The highest BCUT2D eigenvalue weighted by Gasteiger charge is 2.15. The van der Waals surface area contributed by atoms with Crippen LogP contribution in [0, 0.1) is 5.92 Å². The molecule has 0 aliphatic rings. The summed E-state index contributed by atoms with van der Waals surface area (Å²) >= 11 is 0. The fourth-order valence-electron chi connectivity index (χ4n) is 3.32. The quantitative estimate of drug-likeness (QED) is 0.136. The molecule has 3 N–H and O–H groups in total. The molecule has 0 amide bonds. The Morgan fingerprint density at radius 1 is 0.704 bits per heavy atom. The van der Waals surface area contributed by atoms with Gasteiger partial charge in [-0.1, -0.05) is 97.3 Å². The van der Waals surface area contributed by atoms with Crippen LogP contribution in [-0.4, -0.2) is 39.2 Å². The molecule has 0 aliphatic heterocycles. The average molecular weight is 388 g/mol. The van der Waals surface area contributed by atoms with E-state index in [4.69, 9.17) is 5.11 Å². The summed E-state index contributed by atoms with van der Waals surface area (Å²) in [5.41, 5.74) is 0. The normalized spacial score (nSPS) is 12.8. The molecule has 0 heterocycles. The fraction of sp³-hybridized carbons (Fsp3) is 0.955. The van der Waals surface area contributed by atoms with Crippen molar-refractivity contribution in [1.29, 1.82) is 0 Å². The number of aliphatic hydroxyl groups excluding tert-OH is 1. The Balaban J connectivity index is 3.16. The maximum atomic E-state index is 10.4. The van der Waals surface area contributed by atoms with Crippen molar-refractivity contribution in [3.63, 3.8) is 0 Å². The lowest BCUT2D eigenvalue weighted by molar-refractivity contribution is -0.211. The van der Waals surface area contributed by atoms with Crippen molar-refractivity contribution in [2.75, 3.05) is 6.54 Å². The largest absolute Gasteiger partial charge is 0.481 e. The summed E-state index contributed by atoms with van der Waals surface area (Å²) in [6.07, 6.45) is 17.7. The first-order valence-corrected chi connectivity index (χ1v) is 11.3. The Morgan fingerprint density at radius 2 is 1.04 bits per heavy atom. The third-order valence-corrected chi connectivity index (χ3v) is 5.18. The average Bonchev–Trinajstić information content (AvgIpc) is 2.62. The minimum absolute atomic E-state index is 0.0545. The highest BCUT2D eigenvalue weighted by atomic mass is 16.5. The van der Waals surface area contributed by atoms with Gasteiger partial charge in [0.1, 0.15) is 6.23 Å². The fourth-order valence-corrected chi connectivity index (χ4v) is 3.32. The van der Waals surface area contributed by atoms with Crippen LogP contribution < -0.4 is 0 Å². The number of carbonyl (C=O) groups is 1. The van der Waals surface area contributed by atoms with Crippen LogP contribution in [-0.2, 0) is 4.79 Å². The molecule has 27 heavy (non-hydrogen) atoms. The van der Waals surface area contributed by atoms with Crippen molar-refractivity contribution in [2.24, 2.45) is 5.92 Å². The number of carboxylic acid groups (broad SMARTS) is 1. The van der Waals surface area contributed by atoms with Crippen molar-refractivity contribution < 1.29 is 20.2 Å². The van der Waals surface area contributed by atoms with Gasteiger partial charge in [0.05, 0.1) is 0 Å². The highest BCUT2D eigenvalue weighted by Crippen LogP contribution is 2.14. The molecule has 0 saturated carbocycles. The number of hydroxylamine groups is 2. The summed E-state index contributed by atoms with van der Waals surface area (Å²) in [5, 5.41) is 29.0. The third-order valence-electron chi connectivity index (χ3n) is 5.18. The summed E-state index contributed by atoms with van der Waals surface area (Å²) < 4.78 is 0. The molecule has 0 aromatic heterocycles. The molecule has 0 aromatic rings. The lowest BCUT2D eigenvalue weighted by atomic mass is 10.0. The van der Waals surface area contributed by atoms with Crippen LogP contribution in [0.1, 0.15) is 117 Å². The maximum absolute atomic E-state index is 10.4. The van der Waals surface area contributed by atoms with Gasteiger partial charge in [-0.05, 0) is 18.8 Å². The smallest absolute Gasteiger partial charge is 0.303 e. The molecule has 162 valence electrons. The van der Waals surface area contributed by atoms with E-state index in [2.05, 4.69) is 0 Å². The molecular formula is C22H45NO4. The molecule has 0 aromatic carbocycles. The number of unbranched alkanes of at least 4 members (excludes halogenated alkanes) is 14. The number of nitrogens with zero attached hydrogens (tertiary/aromatic N) is 1. The zero-order chi connectivity index (χ0) is 20.3. The van der Waals surface area contributed by atoms with Gasteiger partial charge in [-0.25, -0.2) is 0 Å². The van der Waals surface area contributed by atoms with Gasteiger partial charge in [0.25, 0.3) is 0 Å². The van der Waals surface area contributed by atoms with E-state index >= 15 is 0 Å². The molecule has 0 spiro atoms. The van der Waals surface area contributed by atoms with E-state index in [1.165, 1.54) is 70.6 Å². The lowest BCUT2D eigenvalue weighted by Gasteiger charge is -2.24. The van der Waals surface area contributed by atoms with Gasteiger partial charge in [0.2, 0.25) is 0 Å². The molecule has 5 heteroatoms. The molecule has 0 bridgehead atoms. The summed E-state index contributed by atoms with van der Waals surface area (Å²) in [5.74, 6) is -0.618. The molecule has 0 rings (SSSR count). The van der Waals surface area contributed by atoms with Crippen LogP contribution in [0.2, 0.25) is 0 Å². The van der Waals surface area contributed by atoms with Crippen LogP contribution >= 0.6 is 0 Å². The number of aliphatic carboxylic acids is 1. The predicted octanol–water partition coefficient (Wildman–Crippen LogP) is 5.98. The summed E-state index contributed by atoms with van der Waals surface area (Å²) in [7, 11) is 0. The van der Waals surface area contributed by atoms with Crippen LogP contribution in [0.3, 0.4) is 0 Å². The first-order chi connectivity index (χ1) is 12.9. The van der Waals surface area contributed by atoms with E-state index in [1.807, 2.05) is 13.8 Å². The second-order valence-corrected chi connectivity index (χ2v) is 8.27. The van der Waals surface area contributed by atoms with Gasteiger partial charge in [-0.3, -0.25) is 4.79 Å². The van der Waals surface area contributed by atoms with Crippen molar-refractivity contribution in [3.05, 3.63) is 0 Å². The Hall–Kier alpha value is -0.650. The van der Waals surface area contributed by atoms with E-state index in [-0.39, 0.29) is 5.92 Å². The molecule has 1 unspecified atom stereocenters. The molecule has 5 nitrogen and oxygen atoms in total. The van der Waals surface area contributed by atoms with Gasteiger partial charge in [0.15, 0.2) is 0 Å². The van der Waals surface area contributed by atoms with Gasteiger partial charge in [-0.2, -0.15) is 5.06 Å². The summed E-state index contributed by atoms with van der Waals surface area (Å²) in [6.45, 7) is 4.36. The predicted molar refractivity (Wildman–Crippen MR) is 111 cm³/mol. The standard InChI is InChI=1S/C22H45NO4/c1-20(2)22(26)23(27)19-17-15-13-11-9-7-5-3-4-6-8-10-12-14-16-18-21(24)25/h20,22,26-27H,3-19H2,1-2H3,(H,24,25). The second kappa shape index (κ2) is 18.7. The van der Waals surface area contributed by atoms with Gasteiger partial charge >= 0.3 is 5.97 Å². The molecule has 0 saturated heterocycles. The Bertz CT molecular complexity index is 336. The molecule has 1 atom stereocenters. The monoisotopic (exact) mass is 387 g/mol. The number of rotatable bonds is 20. The van der Waals surface area contributed by atoms with Crippen LogP contribution in [0.15, 0.2) is 0 Å². The molecule has 0 radical (unpaired) electrons. The van der Waals surface area contributed by atoms with Crippen molar-refractivity contribution >= 4 is 5.97 Å².